The van der Waals surface area contributed by atoms with Gasteiger partial charge in [0.1, 0.15) is 13.2 Å². The number of carbonyl (C=O) groups excluding carboxylic acids is 3. The molecule has 0 aliphatic carbocycles. The van der Waals surface area contributed by atoms with E-state index in [4.69, 9.17) is 14.2 Å². The zero-order chi connectivity index (χ0) is 38.0. The Hall–Kier alpha value is -3.67. The van der Waals surface area contributed by atoms with Crippen molar-refractivity contribution in [3.63, 3.8) is 0 Å². The first-order valence-electron chi connectivity index (χ1n) is 20.2. The van der Waals surface area contributed by atoms with Gasteiger partial charge in [-0.05, 0) is 89.9 Å². The van der Waals surface area contributed by atoms with Gasteiger partial charge in [-0.25, -0.2) is 0 Å². The summed E-state index contributed by atoms with van der Waals surface area (Å²) in [7, 11) is 0. The summed E-state index contributed by atoms with van der Waals surface area (Å²) < 4.78 is 16.4. The second kappa shape index (κ2) is 40.1. The smallest absolute Gasteiger partial charge is 0.310 e. The highest BCUT2D eigenvalue weighted by Crippen LogP contribution is 2.09. The van der Waals surface area contributed by atoms with Crippen LogP contribution < -0.4 is 0 Å². The van der Waals surface area contributed by atoms with Crippen LogP contribution in [0.1, 0.15) is 156 Å². The average Bonchev–Trinajstić information content (AvgIpc) is 3.14. The Labute approximate surface area is 317 Å². The van der Waals surface area contributed by atoms with Gasteiger partial charge >= 0.3 is 17.9 Å². The molecule has 0 aromatic heterocycles. The number of esters is 3. The predicted octanol–water partition coefficient (Wildman–Crippen LogP) is 12.7. The molecule has 0 radical (unpaired) electrons. The summed E-state index contributed by atoms with van der Waals surface area (Å²) >= 11 is 0. The van der Waals surface area contributed by atoms with Crippen molar-refractivity contribution in [3.8, 4) is 0 Å². The fraction of sp³-hybridized carbons (Fsp3) is 0.587. The van der Waals surface area contributed by atoms with Crippen LogP contribution in [0.4, 0.5) is 0 Å². The number of unbranched alkanes of at least 4 members (excludes halogenated alkanes) is 8. The molecule has 0 N–H and O–H groups in total. The maximum Gasteiger partial charge on any atom is 0.310 e. The third kappa shape index (κ3) is 37.6. The molecule has 0 rings (SSSR count). The van der Waals surface area contributed by atoms with Gasteiger partial charge in [0.2, 0.25) is 0 Å². The Morgan fingerprint density at radius 2 is 0.827 bits per heavy atom. The van der Waals surface area contributed by atoms with Crippen LogP contribution in [0.2, 0.25) is 0 Å². The van der Waals surface area contributed by atoms with E-state index in [-0.39, 0.29) is 38.0 Å². The summed E-state index contributed by atoms with van der Waals surface area (Å²) in [6, 6.07) is 0. The highest BCUT2D eigenvalue weighted by atomic mass is 16.6. The van der Waals surface area contributed by atoms with Crippen LogP contribution >= 0.6 is 0 Å². The monoisotopic (exact) mass is 721 g/mol. The molecule has 1 unspecified atom stereocenters. The number of hydrogen-bond acceptors (Lipinski definition) is 6. The lowest BCUT2D eigenvalue weighted by atomic mass is 10.1. The molecular formula is C46H72O6. The van der Waals surface area contributed by atoms with E-state index < -0.39 is 12.1 Å². The Kier molecular flexibility index (Phi) is 37.3. The second-order valence-corrected chi connectivity index (χ2v) is 12.8. The molecule has 0 saturated heterocycles. The topological polar surface area (TPSA) is 78.9 Å². The van der Waals surface area contributed by atoms with Crippen molar-refractivity contribution in [2.75, 3.05) is 13.2 Å². The lowest BCUT2D eigenvalue weighted by Crippen LogP contribution is -2.30. The molecule has 0 heterocycles. The third-order valence-electron chi connectivity index (χ3n) is 7.84. The van der Waals surface area contributed by atoms with Gasteiger partial charge in [-0.1, -0.05) is 144 Å². The van der Waals surface area contributed by atoms with E-state index in [1.807, 2.05) is 6.08 Å². The molecule has 0 aromatic carbocycles. The van der Waals surface area contributed by atoms with Gasteiger partial charge in [-0.3, -0.25) is 14.4 Å². The van der Waals surface area contributed by atoms with E-state index >= 15 is 0 Å². The van der Waals surface area contributed by atoms with Crippen LogP contribution in [-0.2, 0) is 28.6 Å². The van der Waals surface area contributed by atoms with Gasteiger partial charge in [-0.2, -0.15) is 0 Å². The number of allylic oxidation sites excluding steroid dienone is 15. The van der Waals surface area contributed by atoms with Crippen molar-refractivity contribution >= 4 is 17.9 Å². The van der Waals surface area contributed by atoms with E-state index in [9.17, 15) is 14.4 Å². The molecule has 52 heavy (non-hydrogen) atoms. The van der Waals surface area contributed by atoms with Crippen LogP contribution in [0.15, 0.2) is 97.2 Å². The molecule has 0 bridgehead atoms. The summed E-state index contributed by atoms with van der Waals surface area (Å²) in [6.45, 7) is 6.17. The van der Waals surface area contributed by atoms with Gasteiger partial charge in [0.25, 0.3) is 0 Å². The van der Waals surface area contributed by atoms with Gasteiger partial charge in [-0.15, -0.1) is 0 Å². The molecule has 0 amide bonds. The Morgan fingerprint density at radius 3 is 1.33 bits per heavy atom. The van der Waals surface area contributed by atoms with Crippen molar-refractivity contribution in [2.24, 2.45) is 0 Å². The van der Waals surface area contributed by atoms with Crippen LogP contribution in [0.5, 0.6) is 0 Å². The minimum Gasteiger partial charge on any atom is -0.462 e. The van der Waals surface area contributed by atoms with Gasteiger partial charge < -0.3 is 14.2 Å². The molecule has 0 aromatic rings. The molecule has 292 valence electrons. The number of rotatable bonds is 34. The molecule has 0 spiro atoms. The van der Waals surface area contributed by atoms with Crippen LogP contribution in [0, 0.1) is 0 Å². The maximum atomic E-state index is 12.5. The zero-order valence-electron chi connectivity index (χ0n) is 33.0. The average molecular weight is 721 g/mol. The highest BCUT2D eigenvalue weighted by Gasteiger charge is 2.19. The van der Waals surface area contributed by atoms with Crippen LogP contribution in [0.25, 0.3) is 0 Å². The van der Waals surface area contributed by atoms with Crippen LogP contribution in [-0.4, -0.2) is 37.2 Å². The summed E-state index contributed by atoms with van der Waals surface area (Å²) in [5.41, 5.74) is 0. The van der Waals surface area contributed by atoms with E-state index in [2.05, 4.69) is 106 Å². The normalized spacial score (nSPS) is 13.1. The van der Waals surface area contributed by atoms with E-state index in [0.29, 0.717) is 12.8 Å². The molecule has 6 heteroatoms. The standard InChI is InChI=1S/C46H72O6/c1-4-7-10-13-16-19-20-21-22-23-24-25-28-30-33-36-39-45(48)51-42-43(52-46(49)40-37-34-31-27-18-15-12-9-6-3)41-50-44(47)38-35-32-29-26-17-14-11-8-5-2/h7,9-10,12,16,18-19,21-22,24-27,29,34,37,43H,4-6,8,11,13-15,17,20,23,28,30-33,35-36,38-42H2,1-3H3/b10-7-,12-9-,19-16-,22-21-,25-24-,27-18-,29-26-,37-34-. The van der Waals surface area contributed by atoms with E-state index in [1.54, 1.807) is 6.08 Å². The minimum absolute atomic E-state index is 0.0893. The Morgan fingerprint density at radius 1 is 0.423 bits per heavy atom. The van der Waals surface area contributed by atoms with E-state index in [1.165, 1.54) is 25.7 Å². The first kappa shape index (κ1) is 48.3. The van der Waals surface area contributed by atoms with Crippen molar-refractivity contribution in [2.45, 2.75) is 162 Å². The fourth-order valence-electron chi connectivity index (χ4n) is 4.85. The number of ether oxygens (including phenoxy) is 3. The minimum atomic E-state index is -0.847. The SMILES string of the molecule is CC/C=C\C/C=C\C/C=C\C/C=C\CCCCCC(=O)OCC(COC(=O)CCC/C=C\CCCCCC)OC(=O)C/C=C\C/C=C\C/C=C\CC. The van der Waals surface area contributed by atoms with Crippen LogP contribution in [0.3, 0.4) is 0 Å². The maximum absolute atomic E-state index is 12.5. The van der Waals surface area contributed by atoms with Crippen molar-refractivity contribution < 1.29 is 28.6 Å². The highest BCUT2D eigenvalue weighted by molar-refractivity contribution is 5.72. The largest absolute Gasteiger partial charge is 0.462 e. The number of hydrogen-bond donors (Lipinski definition) is 0. The molecule has 1 atom stereocenters. The lowest BCUT2D eigenvalue weighted by molar-refractivity contribution is -0.166. The van der Waals surface area contributed by atoms with Crippen molar-refractivity contribution in [1.82, 2.24) is 0 Å². The quantitative estimate of drug-likeness (QED) is 0.0285. The first-order valence-corrected chi connectivity index (χ1v) is 20.2. The van der Waals surface area contributed by atoms with Gasteiger partial charge in [0.15, 0.2) is 6.10 Å². The molecule has 0 fully saturated rings. The molecule has 0 saturated carbocycles. The summed E-state index contributed by atoms with van der Waals surface area (Å²) in [5, 5.41) is 0. The zero-order valence-corrected chi connectivity index (χ0v) is 33.0. The lowest BCUT2D eigenvalue weighted by Gasteiger charge is -2.18. The third-order valence-corrected chi connectivity index (χ3v) is 7.84. The van der Waals surface area contributed by atoms with Gasteiger partial charge in [0.05, 0.1) is 6.42 Å². The van der Waals surface area contributed by atoms with Crippen molar-refractivity contribution in [1.29, 1.82) is 0 Å². The van der Waals surface area contributed by atoms with Gasteiger partial charge in [0, 0.05) is 12.8 Å². The Bertz CT molecular complexity index is 1100. The van der Waals surface area contributed by atoms with Crippen molar-refractivity contribution in [3.05, 3.63) is 97.2 Å². The predicted molar refractivity (Wildman–Crippen MR) is 219 cm³/mol. The van der Waals surface area contributed by atoms with E-state index in [0.717, 1.165) is 83.5 Å². The summed E-state index contributed by atoms with van der Waals surface area (Å²) in [6.07, 6.45) is 51.5. The molecular weight excluding hydrogens is 648 g/mol. The first-order chi connectivity index (χ1) is 25.5. The molecule has 0 aliphatic rings. The number of carbonyl (C=O) groups is 3. The summed E-state index contributed by atoms with van der Waals surface area (Å²) in [5.74, 6) is -1.15. The Balaban J connectivity index is 4.52. The summed E-state index contributed by atoms with van der Waals surface area (Å²) in [4.78, 5) is 37.4. The molecule has 0 aliphatic heterocycles. The fourth-order valence-corrected chi connectivity index (χ4v) is 4.85. The molecule has 6 nitrogen and oxygen atoms in total. The second-order valence-electron chi connectivity index (χ2n) is 12.8.